The fourth-order valence-corrected chi connectivity index (χ4v) is 3.50. The van der Waals surface area contributed by atoms with Crippen molar-refractivity contribution in [2.75, 3.05) is 32.2 Å². The standard InChI is InChI=1S/C27H25F3N4O4/c1-3-37-16-17-38-26-32-24(18-4-8-20(9-5-18)27(28,29)30)34(33-26)22-12-10-21(11-13-22)31-25(35)19-6-14-23(36-2)15-7-19/h4-15H,3,16-17H2,1-2H3,(H,31,35). The number of nitrogens with one attached hydrogen (secondary N) is 1. The van der Waals surface area contributed by atoms with Crippen LogP contribution in [0.3, 0.4) is 0 Å². The quantitative estimate of drug-likeness (QED) is 0.270. The maximum atomic E-state index is 13.0. The molecule has 0 saturated carbocycles. The van der Waals surface area contributed by atoms with Gasteiger partial charge in [-0.1, -0.05) is 12.1 Å². The Balaban J connectivity index is 1.57. The smallest absolute Gasteiger partial charge is 0.416 e. The summed E-state index contributed by atoms with van der Waals surface area (Å²) in [6, 6.07) is 18.2. The van der Waals surface area contributed by atoms with Crippen LogP contribution in [0.1, 0.15) is 22.8 Å². The van der Waals surface area contributed by atoms with Gasteiger partial charge in [-0.3, -0.25) is 4.79 Å². The summed E-state index contributed by atoms with van der Waals surface area (Å²) >= 11 is 0. The highest BCUT2D eigenvalue weighted by Crippen LogP contribution is 2.31. The molecule has 0 aliphatic rings. The van der Waals surface area contributed by atoms with E-state index < -0.39 is 11.7 Å². The van der Waals surface area contributed by atoms with Crippen LogP contribution < -0.4 is 14.8 Å². The number of nitrogens with zero attached hydrogens (tertiary/aromatic N) is 3. The predicted molar refractivity (Wildman–Crippen MR) is 135 cm³/mol. The summed E-state index contributed by atoms with van der Waals surface area (Å²) < 4.78 is 56.5. The SMILES string of the molecule is CCOCCOc1nc(-c2ccc(C(F)(F)F)cc2)n(-c2ccc(NC(=O)c3ccc(OC)cc3)cc2)n1. The fraction of sp³-hybridized carbons (Fsp3) is 0.222. The van der Waals surface area contributed by atoms with Gasteiger partial charge >= 0.3 is 12.2 Å². The van der Waals surface area contributed by atoms with Gasteiger partial charge in [0.1, 0.15) is 12.4 Å². The lowest BCUT2D eigenvalue weighted by atomic mass is 10.1. The molecule has 1 aromatic heterocycles. The number of halogens is 3. The van der Waals surface area contributed by atoms with Crippen molar-refractivity contribution in [3.05, 3.63) is 83.9 Å². The van der Waals surface area contributed by atoms with Gasteiger partial charge in [-0.05, 0) is 67.6 Å². The molecular weight excluding hydrogens is 501 g/mol. The molecule has 4 aromatic rings. The van der Waals surface area contributed by atoms with Crippen LogP contribution >= 0.6 is 0 Å². The zero-order valence-corrected chi connectivity index (χ0v) is 20.7. The molecule has 1 heterocycles. The van der Waals surface area contributed by atoms with Gasteiger partial charge in [-0.15, -0.1) is 5.10 Å². The number of amides is 1. The minimum atomic E-state index is -4.45. The van der Waals surface area contributed by atoms with Gasteiger partial charge in [-0.2, -0.15) is 18.2 Å². The maximum absolute atomic E-state index is 13.0. The first-order chi connectivity index (χ1) is 18.3. The van der Waals surface area contributed by atoms with E-state index in [2.05, 4.69) is 15.4 Å². The van der Waals surface area contributed by atoms with Crippen LogP contribution in [0.2, 0.25) is 0 Å². The largest absolute Gasteiger partial charge is 0.497 e. The zero-order valence-electron chi connectivity index (χ0n) is 20.7. The van der Waals surface area contributed by atoms with E-state index in [9.17, 15) is 18.0 Å². The van der Waals surface area contributed by atoms with Crippen LogP contribution in [0, 0.1) is 0 Å². The van der Waals surface area contributed by atoms with E-state index >= 15 is 0 Å². The molecule has 1 amide bonds. The number of rotatable bonds is 10. The molecule has 1 N–H and O–H groups in total. The Kier molecular flexibility index (Phi) is 8.27. The number of hydrogen-bond donors (Lipinski definition) is 1. The summed E-state index contributed by atoms with van der Waals surface area (Å²) in [5.41, 5.74) is 1.22. The van der Waals surface area contributed by atoms with Crippen LogP contribution in [0.25, 0.3) is 17.1 Å². The number of carbonyl (C=O) groups excluding carboxylic acids is 1. The Morgan fingerprint density at radius 3 is 2.24 bits per heavy atom. The molecule has 198 valence electrons. The van der Waals surface area contributed by atoms with Crippen molar-refractivity contribution in [1.82, 2.24) is 14.8 Å². The van der Waals surface area contributed by atoms with Crippen molar-refractivity contribution < 1.29 is 32.2 Å². The van der Waals surface area contributed by atoms with Gasteiger partial charge in [0.15, 0.2) is 5.82 Å². The highest BCUT2D eigenvalue weighted by molar-refractivity contribution is 6.04. The summed E-state index contributed by atoms with van der Waals surface area (Å²) in [4.78, 5) is 17.0. The molecule has 0 fully saturated rings. The number of methoxy groups -OCH3 is 1. The molecule has 0 saturated heterocycles. The van der Waals surface area contributed by atoms with Crippen molar-refractivity contribution in [2.24, 2.45) is 0 Å². The summed E-state index contributed by atoms with van der Waals surface area (Å²) in [5, 5.41) is 7.20. The van der Waals surface area contributed by atoms with Gasteiger partial charge in [0.2, 0.25) is 0 Å². The number of alkyl halides is 3. The number of ether oxygens (including phenoxy) is 3. The summed E-state index contributed by atoms with van der Waals surface area (Å²) in [6.45, 7) is 2.94. The van der Waals surface area contributed by atoms with E-state index in [-0.39, 0.29) is 18.5 Å². The van der Waals surface area contributed by atoms with E-state index in [1.54, 1.807) is 55.6 Å². The van der Waals surface area contributed by atoms with E-state index in [4.69, 9.17) is 14.2 Å². The highest BCUT2D eigenvalue weighted by Gasteiger charge is 2.30. The molecule has 3 aromatic carbocycles. The molecule has 0 aliphatic carbocycles. The van der Waals surface area contributed by atoms with Crippen molar-refractivity contribution >= 4 is 11.6 Å². The van der Waals surface area contributed by atoms with E-state index in [0.29, 0.717) is 47.3 Å². The van der Waals surface area contributed by atoms with Crippen molar-refractivity contribution in [3.63, 3.8) is 0 Å². The first kappa shape index (κ1) is 26.7. The second-order valence-electron chi connectivity index (χ2n) is 7.98. The van der Waals surface area contributed by atoms with Gasteiger partial charge in [0.25, 0.3) is 5.91 Å². The number of anilines is 1. The number of aromatic nitrogens is 3. The number of benzene rings is 3. The lowest BCUT2D eigenvalue weighted by Crippen LogP contribution is -2.11. The van der Waals surface area contributed by atoms with Crippen LogP contribution in [-0.2, 0) is 10.9 Å². The fourth-order valence-electron chi connectivity index (χ4n) is 3.50. The molecule has 11 heteroatoms. The van der Waals surface area contributed by atoms with Crippen molar-refractivity contribution in [1.29, 1.82) is 0 Å². The Labute approximate surface area is 217 Å². The first-order valence-electron chi connectivity index (χ1n) is 11.7. The Hall–Kier alpha value is -4.38. The van der Waals surface area contributed by atoms with Gasteiger partial charge in [-0.25, -0.2) is 4.68 Å². The number of hydrogen-bond acceptors (Lipinski definition) is 6. The molecule has 0 spiro atoms. The summed E-state index contributed by atoms with van der Waals surface area (Å²) in [6.07, 6.45) is -4.45. The van der Waals surface area contributed by atoms with Crippen LogP contribution in [0.5, 0.6) is 11.8 Å². The molecule has 8 nitrogen and oxygen atoms in total. The first-order valence-corrected chi connectivity index (χ1v) is 11.7. The average molecular weight is 527 g/mol. The summed E-state index contributed by atoms with van der Waals surface area (Å²) in [7, 11) is 1.55. The van der Waals surface area contributed by atoms with E-state index in [1.807, 2.05) is 6.92 Å². The molecule has 38 heavy (non-hydrogen) atoms. The third-order valence-electron chi connectivity index (χ3n) is 5.44. The third kappa shape index (κ3) is 6.48. The van der Waals surface area contributed by atoms with E-state index in [1.165, 1.54) is 16.8 Å². The molecule has 0 bridgehead atoms. The lowest BCUT2D eigenvalue weighted by molar-refractivity contribution is -0.137. The second kappa shape index (κ2) is 11.8. The zero-order chi connectivity index (χ0) is 27.1. The predicted octanol–water partition coefficient (Wildman–Crippen LogP) is 5.63. The van der Waals surface area contributed by atoms with Gasteiger partial charge in [0, 0.05) is 23.4 Å². The second-order valence-corrected chi connectivity index (χ2v) is 7.98. The molecule has 4 rings (SSSR count). The molecule has 0 atom stereocenters. The van der Waals surface area contributed by atoms with Crippen molar-refractivity contribution in [3.8, 4) is 28.8 Å². The Morgan fingerprint density at radius 1 is 0.947 bits per heavy atom. The third-order valence-corrected chi connectivity index (χ3v) is 5.44. The summed E-state index contributed by atoms with van der Waals surface area (Å²) in [5.74, 6) is 0.639. The maximum Gasteiger partial charge on any atom is 0.416 e. The van der Waals surface area contributed by atoms with Crippen molar-refractivity contribution in [2.45, 2.75) is 13.1 Å². The normalized spacial score (nSPS) is 11.3. The average Bonchev–Trinajstić information content (AvgIpc) is 3.35. The lowest BCUT2D eigenvalue weighted by Gasteiger charge is -2.10. The molecule has 0 aliphatic heterocycles. The Morgan fingerprint density at radius 2 is 1.63 bits per heavy atom. The Bertz CT molecular complexity index is 1350. The molecular formula is C27H25F3N4O4. The van der Waals surface area contributed by atoms with Gasteiger partial charge in [0.05, 0.1) is 25.0 Å². The molecule has 0 radical (unpaired) electrons. The van der Waals surface area contributed by atoms with Crippen LogP contribution in [0.15, 0.2) is 72.8 Å². The van der Waals surface area contributed by atoms with Crippen LogP contribution in [-0.4, -0.2) is 47.6 Å². The topological polar surface area (TPSA) is 87.5 Å². The number of carbonyl (C=O) groups is 1. The monoisotopic (exact) mass is 526 g/mol. The molecule has 0 unspecified atom stereocenters. The van der Waals surface area contributed by atoms with Gasteiger partial charge < -0.3 is 19.5 Å². The minimum Gasteiger partial charge on any atom is -0.497 e. The highest BCUT2D eigenvalue weighted by atomic mass is 19.4. The minimum absolute atomic E-state index is 0.0523. The van der Waals surface area contributed by atoms with Crippen LogP contribution in [0.4, 0.5) is 18.9 Å². The van der Waals surface area contributed by atoms with E-state index in [0.717, 1.165) is 12.1 Å².